The molecule has 0 bridgehead atoms. The van der Waals surface area contributed by atoms with Crippen molar-refractivity contribution in [3.63, 3.8) is 0 Å². The number of halogens is 2. The van der Waals surface area contributed by atoms with Gasteiger partial charge >= 0.3 is 0 Å². The minimum Gasteiger partial charge on any atom is -0.383 e. The van der Waals surface area contributed by atoms with E-state index in [-0.39, 0.29) is 5.56 Å². The van der Waals surface area contributed by atoms with Crippen LogP contribution >= 0.6 is 15.9 Å². The monoisotopic (exact) mass is 357 g/mol. The Morgan fingerprint density at radius 2 is 2.33 bits per heavy atom. The van der Waals surface area contributed by atoms with Crippen molar-refractivity contribution in [2.24, 2.45) is 11.7 Å². The molecule has 4 nitrogen and oxygen atoms in total. The van der Waals surface area contributed by atoms with Gasteiger partial charge in [0, 0.05) is 24.1 Å². The molecular formula is C15H21BrFN3O. The molecule has 21 heavy (non-hydrogen) atoms. The van der Waals surface area contributed by atoms with Crippen molar-refractivity contribution in [3.8, 4) is 0 Å². The summed E-state index contributed by atoms with van der Waals surface area (Å²) in [6.45, 7) is 5.98. The maximum Gasteiger partial charge on any atom is 0.253 e. The van der Waals surface area contributed by atoms with E-state index in [4.69, 9.17) is 5.73 Å². The summed E-state index contributed by atoms with van der Waals surface area (Å²) in [6.07, 6.45) is 2.51. The van der Waals surface area contributed by atoms with Gasteiger partial charge < -0.3 is 16.0 Å². The van der Waals surface area contributed by atoms with Crippen LogP contribution in [0.3, 0.4) is 0 Å². The highest BCUT2D eigenvalue weighted by molar-refractivity contribution is 9.10. The van der Waals surface area contributed by atoms with E-state index in [2.05, 4.69) is 33.1 Å². The first-order valence-electron chi connectivity index (χ1n) is 7.22. The van der Waals surface area contributed by atoms with Crippen LogP contribution in [0.5, 0.6) is 0 Å². The third-order valence-electron chi connectivity index (χ3n) is 3.79. The molecule has 0 aromatic heterocycles. The van der Waals surface area contributed by atoms with Crippen LogP contribution in [-0.2, 0) is 0 Å². The lowest BCUT2D eigenvalue weighted by atomic mass is 10.0. The first-order chi connectivity index (χ1) is 9.97. The van der Waals surface area contributed by atoms with Crippen LogP contribution in [0, 0.1) is 11.7 Å². The number of carbonyl (C=O) groups excluding carboxylic acids is 1. The molecule has 116 valence electrons. The van der Waals surface area contributed by atoms with Crippen LogP contribution in [0.1, 0.15) is 30.1 Å². The molecule has 6 heteroatoms. The average Bonchev–Trinajstić information content (AvgIpc) is 2.37. The van der Waals surface area contributed by atoms with Gasteiger partial charge in [-0.1, -0.05) is 22.9 Å². The van der Waals surface area contributed by atoms with E-state index in [1.165, 1.54) is 18.9 Å². The summed E-state index contributed by atoms with van der Waals surface area (Å²) in [5.41, 5.74) is 5.62. The molecule has 1 heterocycles. The molecule has 1 saturated heterocycles. The predicted octanol–water partition coefficient (Wildman–Crippen LogP) is 2.83. The van der Waals surface area contributed by atoms with Crippen LogP contribution in [0.15, 0.2) is 16.6 Å². The van der Waals surface area contributed by atoms with E-state index in [1.807, 2.05) is 0 Å². The van der Waals surface area contributed by atoms with Crippen molar-refractivity contribution in [2.75, 3.05) is 31.5 Å². The summed E-state index contributed by atoms with van der Waals surface area (Å²) in [4.78, 5) is 13.8. The number of amides is 1. The molecule has 1 aliphatic rings. The van der Waals surface area contributed by atoms with E-state index >= 15 is 0 Å². The van der Waals surface area contributed by atoms with Crippen LogP contribution in [0.25, 0.3) is 0 Å². The van der Waals surface area contributed by atoms with Crippen molar-refractivity contribution in [3.05, 3.63) is 28.0 Å². The Morgan fingerprint density at radius 3 is 3.00 bits per heavy atom. The Kier molecular flexibility index (Phi) is 5.58. The normalized spacial score (nSPS) is 19.5. The number of carbonyl (C=O) groups is 1. The molecule has 0 aliphatic carbocycles. The number of hydrogen-bond donors (Lipinski definition) is 2. The van der Waals surface area contributed by atoms with Gasteiger partial charge in [-0.25, -0.2) is 4.39 Å². The summed E-state index contributed by atoms with van der Waals surface area (Å²) in [7, 11) is 0. The highest BCUT2D eigenvalue weighted by Gasteiger charge is 2.17. The van der Waals surface area contributed by atoms with Crippen LogP contribution < -0.4 is 11.1 Å². The lowest BCUT2D eigenvalue weighted by molar-refractivity contribution is 0.0997. The van der Waals surface area contributed by atoms with E-state index in [0.717, 1.165) is 25.6 Å². The van der Waals surface area contributed by atoms with Crippen LogP contribution in [0.2, 0.25) is 0 Å². The van der Waals surface area contributed by atoms with Gasteiger partial charge in [-0.3, -0.25) is 4.79 Å². The Bertz CT molecular complexity index is 524. The molecule has 1 aromatic rings. The number of primary amides is 1. The SMILES string of the molecule is CC1CCCN(CCNc2cc(Br)cc(F)c2C(N)=O)C1. The van der Waals surface area contributed by atoms with Crippen molar-refractivity contribution in [2.45, 2.75) is 19.8 Å². The highest BCUT2D eigenvalue weighted by Crippen LogP contribution is 2.24. The summed E-state index contributed by atoms with van der Waals surface area (Å²) in [5, 5.41) is 3.13. The number of nitrogens with two attached hydrogens (primary N) is 1. The summed E-state index contributed by atoms with van der Waals surface area (Å²) in [5.74, 6) is -0.636. The quantitative estimate of drug-likeness (QED) is 0.851. The Balaban J connectivity index is 1.98. The number of nitrogens with one attached hydrogen (secondary N) is 1. The summed E-state index contributed by atoms with van der Waals surface area (Å²) in [6, 6.07) is 2.93. The van der Waals surface area contributed by atoms with E-state index in [0.29, 0.717) is 16.7 Å². The van der Waals surface area contributed by atoms with Gasteiger partial charge in [0.2, 0.25) is 0 Å². The second-order valence-corrected chi connectivity index (χ2v) is 6.56. The number of piperidine rings is 1. The third-order valence-corrected chi connectivity index (χ3v) is 4.24. The van der Waals surface area contributed by atoms with E-state index < -0.39 is 11.7 Å². The minimum absolute atomic E-state index is 0.0785. The summed E-state index contributed by atoms with van der Waals surface area (Å²) < 4.78 is 14.4. The molecule has 3 N–H and O–H groups in total. The van der Waals surface area contributed by atoms with Gasteiger partial charge in [-0.2, -0.15) is 0 Å². The molecule has 0 saturated carbocycles. The smallest absolute Gasteiger partial charge is 0.253 e. The Morgan fingerprint density at radius 1 is 1.57 bits per heavy atom. The fourth-order valence-corrected chi connectivity index (χ4v) is 3.23. The molecule has 0 spiro atoms. The summed E-state index contributed by atoms with van der Waals surface area (Å²) >= 11 is 3.23. The van der Waals surface area contributed by atoms with Gasteiger partial charge in [0.1, 0.15) is 5.82 Å². The molecule has 0 radical (unpaired) electrons. The highest BCUT2D eigenvalue weighted by atomic mass is 79.9. The van der Waals surface area contributed by atoms with Crippen molar-refractivity contribution >= 4 is 27.5 Å². The zero-order valence-electron chi connectivity index (χ0n) is 12.2. The molecule has 2 rings (SSSR count). The molecule has 1 fully saturated rings. The average molecular weight is 358 g/mol. The van der Waals surface area contributed by atoms with E-state index in [1.54, 1.807) is 6.07 Å². The maximum atomic E-state index is 13.8. The van der Waals surface area contributed by atoms with Gasteiger partial charge in [0.15, 0.2) is 0 Å². The largest absolute Gasteiger partial charge is 0.383 e. The first-order valence-corrected chi connectivity index (χ1v) is 8.01. The van der Waals surface area contributed by atoms with Crippen molar-refractivity contribution < 1.29 is 9.18 Å². The van der Waals surface area contributed by atoms with E-state index in [9.17, 15) is 9.18 Å². The number of hydrogen-bond acceptors (Lipinski definition) is 3. The lowest BCUT2D eigenvalue weighted by Crippen LogP contribution is -2.37. The molecule has 1 unspecified atom stereocenters. The molecule has 1 aromatic carbocycles. The molecule has 1 aliphatic heterocycles. The second kappa shape index (κ2) is 7.22. The van der Waals surface area contributed by atoms with Gasteiger partial charge in [-0.15, -0.1) is 0 Å². The fourth-order valence-electron chi connectivity index (χ4n) is 2.80. The standard InChI is InChI=1S/C15H21BrFN3O/c1-10-3-2-5-20(9-10)6-4-19-13-8-11(16)7-12(17)14(13)15(18)21/h7-8,10,19H,2-6,9H2,1H3,(H2,18,21). The molecule has 1 atom stereocenters. The predicted molar refractivity (Wildman–Crippen MR) is 85.9 cm³/mol. The minimum atomic E-state index is -0.755. The zero-order valence-corrected chi connectivity index (χ0v) is 13.7. The fraction of sp³-hybridized carbons (Fsp3) is 0.533. The lowest BCUT2D eigenvalue weighted by Gasteiger charge is -2.30. The van der Waals surface area contributed by atoms with Crippen LogP contribution in [0.4, 0.5) is 10.1 Å². The number of anilines is 1. The first kappa shape index (κ1) is 16.2. The second-order valence-electron chi connectivity index (χ2n) is 5.65. The number of rotatable bonds is 5. The number of likely N-dealkylation sites (tertiary alicyclic amines) is 1. The van der Waals surface area contributed by atoms with Crippen molar-refractivity contribution in [1.29, 1.82) is 0 Å². The zero-order chi connectivity index (χ0) is 15.4. The van der Waals surface area contributed by atoms with Gasteiger partial charge in [-0.05, 0) is 37.4 Å². The topological polar surface area (TPSA) is 58.4 Å². The molecular weight excluding hydrogens is 337 g/mol. The number of benzene rings is 1. The van der Waals surface area contributed by atoms with Crippen molar-refractivity contribution in [1.82, 2.24) is 4.90 Å². The Hall–Kier alpha value is -1.14. The third kappa shape index (κ3) is 4.41. The number of nitrogens with zero attached hydrogens (tertiary/aromatic N) is 1. The van der Waals surface area contributed by atoms with Gasteiger partial charge in [0.25, 0.3) is 5.91 Å². The molecule has 1 amide bonds. The van der Waals surface area contributed by atoms with Crippen LogP contribution in [-0.4, -0.2) is 37.0 Å². The maximum absolute atomic E-state index is 13.8. The Labute approximate surface area is 133 Å². The van der Waals surface area contributed by atoms with Gasteiger partial charge in [0.05, 0.1) is 11.3 Å².